The number of anilines is 2. The monoisotopic (exact) mass is 277 g/mol. The van der Waals surface area contributed by atoms with Gasteiger partial charge in [-0.05, 0) is 11.8 Å². The van der Waals surface area contributed by atoms with E-state index in [0.717, 1.165) is 18.1 Å². The Hall–Kier alpha value is -1.54. The third kappa shape index (κ3) is 2.33. The molecular weight excluding hydrogens is 258 g/mol. The van der Waals surface area contributed by atoms with Gasteiger partial charge in [-0.1, -0.05) is 20.8 Å². The lowest BCUT2D eigenvalue weighted by Crippen LogP contribution is -2.19. The van der Waals surface area contributed by atoms with Crippen LogP contribution in [0.3, 0.4) is 0 Å². The van der Waals surface area contributed by atoms with Gasteiger partial charge in [0.25, 0.3) is 0 Å². The highest BCUT2D eigenvalue weighted by Gasteiger charge is 2.31. The third-order valence-corrected chi connectivity index (χ3v) is 5.20. The summed E-state index contributed by atoms with van der Waals surface area (Å²) in [6.07, 6.45) is 0.418. The van der Waals surface area contributed by atoms with E-state index >= 15 is 0 Å². The van der Waals surface area contributed by atoms with Crippen LogP contribution in [0.2, 0.25) is 0 Å². The number of carbonyl (C=O) groups is 1. The van der Waals surface area contributed by atoms with E-state index in [2.05, 4.69) is 24.8 Å². The first-order valence-electron chi connectivity index (χ1n) is 6.60. The number of nitriles is 1. The molecule has 0 spiro atoms. The Morgan fingerprint density at radius 3 is 2.53 bits per heavy atom. The predicted octanol–water partition coefficient (Wildman–Crippen LogP) is 2.89. The lowest BCUT2D eigenvalue weighted by Gasteiger charge is -2.16. The maximum Gasteiger partial charge on any atom is 0.174 e. The van der Waals surface area contributed by atoms with E-state index in [9.17, 15) is 10.1 Å². The maximum absolute atomic E-state index is 11.9. The van der Waals surface area contributed by atoms with E-state index < -0.39 is 0 Å². The summed E-state index contributed by atoms with van der Waals surface area (Å²) in [6.45, 7) is 8.09. The topological polar surface area (TPSA) is 70.1 Å². The minimum atomic E-state index is 0.0190. The quantitative estimate of drug-likeness (QED) is 0.862. The second kappa shape index (κ2) is 5.22. The molecule has 1 aliphatic heterocycles. The van der Waals surface area contributed by atoms with Crippen LogP contribution in [0.4, 0.5) is 10.7 Å². The first kappa shape index (κ1) is 13.9. The molecule has 4 nitrogen and oxygen atoms in total. The highest BCUT2D eigenvalue weighted by atomic mass is 32.1. The van der Waals surface area contributed by atoms with Crippen LogP contribution in [0.25, 0.3) is 0 Å². The Morgan fingerprint density at radius 1 is 1.47 bits per heavy atom. The Morgan fingerprint density at radius 2 is 2.05 bits per heavy atom. The lowest BCUT2D eigenvalue weighted by molar-refractivity contribution is 0.0993. The summed E-state index contributed by atoms with van der Waals surface area (Å²) in [6, 6.07) is 2.16. The summed E-state index contributed by atoms with van der Waals surface area (Å²) in [5.74, 6) is 1.21. The summed E-state index contributed by atoms with van der Waals surface area (Å²) >= 11 is 1.37. The number of rotatable bonds is 3. The SMILES string of the molecule is CCC(=O)c1sc(N2CC(C)C(C)C2)c(C#N)c1N. The molecule has 0 saturated carbocycles. The Kier molecular flexibility index (Phi) is 3.81. The molecule has 102 valence electrons. The van der Waals surface area contributed by atoms with Crippen molar-refractivity contribution in [3.63, 3.8) is 0 Å². The predicted molar refractivity (Wildman–Crippen MR) is 78.6 cm³/mol. The largest absolute Gasteiger partial charge is 0.396 e. The fourth-order valence-electron chi connectivity index (χ4n) is 2.43. The molecule has 2 rings (SSSR count). The van der Waals surface area contributed by atoms with Crippen LogP contribution in [0, 0.1) is 23.2 Å². The van der Waals surface area contributed by atoms with Crippen molar-refractivity contribution < 1.29 is 4.79 Å². The van der Waals surface area contributed by atoms with Crippen LogP contribution < -0.4 is 10.6 Å². The second-order valence-electron chi connectivity index (χ2n) is 5.27. The zero-order valence-electron chi connectivity index (χ0n) is 11.6. The van der Waals surface area contributed by atoms with Crippen LogP contribution in [0.1, 0.15) is 42.4 Å². The summed E-state index contributed by atoms with van der Waals surface area (Å²) in [5, 5.41) is 10.2. The number of thiophene rings is 1. The molecule has 0 bridgehead atoms. The number of Topliss-reactive ketones (excluding diaryl/α,β-unsaturated/α-hetero) is 1. The fraction of sp³-hybridized carbons (Fsp3) is 0.571. The number of carbonyl (C=O) groups excluding carboxylic acids is 1. The molecule has 19 heavy (non-hydrogen) atoms. The summed E-state index contributed by atoms with van der Waals surface area (Å²) in [5.41, 5.74) is 6.81. The molecule has 2 unspecified atom stereocenters. The zero-order valence-corrected chi connectivity index (χ0v) is 12.4. The molecule has 2 heterocycles. The third-order valence-electron chi connectivity index (χ3n) is 3.89. The van der Waals surface area contributed by atoms with Crippen molar-refractivity contribution in [1.82, 2.24) is 0 Å². The highest BCUT2D eigenvalue weighted by Crippen LogP contribution is 2.41. The van der Waals surface area contributed by atoms with Gasteiger partial charge in [0.1, 0.15) is 16.6 Å². The van der Waals surface area contributed by atoms with Gasteiger partial charge in [-0.2, -0.15) is 5.26 Å². The number of hydrogen-bond acceptors (Lipinski definition) is 5. The standard InChI is InChI=1S/C14H19N3OS/c1-4-11(18)13-12(16)10(5-15)14(19-13)17-6-8(2)9(3)7-17/h8-9H,4,6-7,16H2,1-3H3. The number of ketones is 1. The molecule has 0 aliphatic carbocycles. The van der Waals surface area contributed by atoms with E-state index in [1.54, 1.807) is 0 Å². The van der Waals surface area contributed by atoms with Crippen molar-refractivity contribution >= 4 is 27.8 Å². The van der Waals surface area contributed by atoms with E-state index in [-0.39, 0.29) is 5.78 Å². The van der Waals surface area contributed by atoms with Gasteiger partial charge < -0.3 is 10.6 Å². The lowest BCUT2D eigenvalue weighted by atomic mass is 10.0. The molecule has 0 amide bonds. The van der Waals surface area contributed by atoms with Gasteiger partial charge in [-0.15, -0.1) is 11.3 Å². The van der Waals surface area contributed by atoms with Crippen molar-refractivity contribution in [2.75, 3.05) is 23.7 Å². The van der Waals surface area contributed by atoms with Gasteiger partial charge in [0.15, 0.2) is 5.78 Å². The first-order chi connectivity index (χ1) is 8.99. The second-order valence-corrected chi connectivity index (χ2v) is 6.27. The van der Waals surface area contributed by atoms with Crippen LogP contribution in [-0.4, -0.2) is 18.9 Å². The number of nitrogen functional groups attached to an aromatic ring is 1. The van der Waals surface area contributed by atoms with Crippen molar-refractivity contribution in [2.45, 2.75) is 27.2 Å². The van der Waals surface area contributed by atoms with E-state index in [0.29, 0.717) is 34.4 Å². The van der Waals surface area contributed by atoms with Gasteiger partial charge in [0.05, 0.1) is 10.6 Å². The molecule has 0 aromatic carbocycles. The van der Waals surface area contributed by atoms with E-state index in [1.807, 2.05) is 6.92 Å². The van der Waals surface area contributed by atoms with Crippen LogP contribution >= 0.6 is 11.3 Å². The molecule has 1 saturated heterocycles. The number of nitrogens with zero attached hydrogens (tertiary/aromatic N) is 2. The Labute approximate surface area is 117 Å². The highest BCUT2D eigenvalue weighted by molar-refractivity contribution is 7.19. The van der Waals surface area contributed by atoms with E-state index in [4.69, 9.17) is 5.73 Å². The Balaban J connectivity index is 2.42. The van der Waals surface area contributed by atoms with Gasteiger partial charge in [-0.3, -0.25) is 4.79 Å². The Bertz CT molecular complexity index is 534. The molecule has 2 N–H and O–H groups in total. The molecule has 1 fully saturated rings. The normalized spacial score (nSPS) is 22.5. The van der Waals surface area contributed by atoms with Crippen molar-refractivity contribution in [3.8, 4) is 6.07 Å². The minimum Gasteiger partial charge on any atom is -0.396 e. The van der Waals surface area contributed by atoms with Crippen molar-refractivity contribution in [2.24, 2.45) is 11.8 Å². The smallest absolute Gasteiger partial charge is 0.174 e. The number of nitrogens with two attached hydrogens (primary N) is 1. The minimum absolute atomic E-state index is 0.0190. The average molecular weight is 277 g/mol. The zero-order chi connectivity index (χ0) is 14.2. The fourth-order valence-corrected chi connectivity index (χ4v) is 3.62. The summed E-state index contributed by atoms with van der Waals surface area (Å²) in [7, 11) is 0. The summed E-state index contributed by atoms with van der Waals surface area (Å²) in [4.78, 5) is 14.6. The van der Waals surface area contributed by atoms with Gasteiger partial charge in [0, 0.05) is 19.5 Å². The van der Waals surface area contributed by atoms with Gasteiger partial charge in [0.2, 0.25) is 0 Å². The molecule has 1 aromatic heterocycles. The molecule has 1 aromatic rings. The summed E-state index contributed by atoms with van der Waals surface area (Å²) < 4.78 is 0. The number of hydrogen-bond donors (Lipinski definition) is 1. The van der Waals surface area contributed by atoms with E-state index in [1.165, 1.54) is 11.3 Å². The molecular formula is C14H19N3OS. The van der Waals surface area contributed by atoms with Gasteiger partial charge >= 0.3 is 0 Å². The van der Waals surface area contributed by atoms with Gasteiger partial charge in [-0.25, -0.2) is 0 Å². The van der Waals surface area contributed by atoms with Crippen molar-refractivity contribution in [1.29, 1.82) is 5.26 Å². The van der Waals surface area contributed by atoms with Crippen LogP contribution in [-0.2, 0) is 0 Å². The van der Waals surface area contributed by atoms with Crippen LogP contribution in [0.15, 0.2) is 0 Å². The average Bonchev–Trinajstić information content (AvgIpc) is 2.89. The maximum atomic E-state index is 11.9. The molecule has 2 atom stereocenters. The van der Waals surface area contributed by atoms with Crippen LogP contribution in [0.5, 0.6) is 0 Å². The molecule has 5 heteroatoms. The molecule has 1 aliphatic rings. The molecule has 0 radical (unpaired) electrons. The van der Waals surface area contributed by atoms with Crippen molar-refractivity contribution in [3.05, 3.63) is 10.4 Å². The first-order valence-corrected chi connectivity index (χ1v) is 7.41.